The summed E-state index contributed by atoms with van der Waals surface area (Å²) in [6, 6.07) is 7.33. The molecular formula is C14H17N3O2. The first kappa shape index (κ1) is 13.1. The van der Waals surface area contributed by atoms with E-state index in [-0.39, 0.29) is 6.04 Å². The van der Waals surface area contributed by atoms with Gasteiger partial charge in [-0.25, -0.2) is 0 Å². The molecule has 5 nitrogen and oxygen atoms in total. The predicted octanol–water partition coefficient (Wildman–Crippen LogP) is 2.02. The Labute approximate surface area is 111 Å². The lowest BCUT2D eigenvalue weighted by molar-refractivity contribution is -0.136. The van der Waals surface area contributed by atoms with Crippen molar-refractivity contribution in [3.8, 4) is 0 Å². The number of carbonyl (C=O) groups excluding carboxylic acids is 2. The molecular weight excluding hydrogens is 242 g/mol. The standard InChI is InChI=1S/C14H17N3O2/c1-3-9(2)16-13(18)14(19)17-11-4-5-12-10(8-11)6-7-15-12/h4-9,15H,3H2,1-2H3,(H,16,18)(H,17,19). The second kappa shape index (κ2) is 5.56. The number of hydrogen-bond donors (Lipinski definition) is 3. The molecule has 3 N–H and O–H groups in total. The highest BCUT2D eigenvalue weighted by atomic mass is 16.2. The van der Waals surface area contributed by atoms with Gasteiger partial charge in [-0.3, -0.25) is 9.59 Å². The number of benzene rings is 1. The molecule has 1 heterocycles. The largest absolute Gasteiger partial charge is 0.361 e. The molecule has 0 bridgehead atoms. The average molecular weight is 259 g/mol. The summed E-state index contributed by atoms with van der Waals surface area (Å²) in [6.45, 7) is 3.81. The number of fused-ring (bicyclic) bond motifs is 1. The molecule has 2 rings (SSSR count). The number of hydrogen-bond acceptors (Lipinski definition) is 2. The molecule has 2 aromatic rings. The molecule has 1 aromatic carbocycles. The van der Waals surface area contributed by atoms with E-state index in [0.717, 1.165) is 17.3 Å². The van der Waals surface area contributed by atoms with Crippen LogP contribution in [0.1, 0.15) is 20.3 Å². The molecule has 0 radical (unpaired) electrons. The van der Waals surface area contributed by atoms with Crippen molar-refractivity contribution in [3.05, 3.63) is 30.5 Å². The van der Waals surface area contributed by atoms with Crippen LogP contribution in [0.25, 0.3) is 10.9 Å². The van der Waals surface area contributed by atoms with Crippen molar-refractivity contribution in [2.45, 2.75) is 26.3 Å². The maximum absolute atomic E-state index is 11.7. The molecule has 0 aliphatic heterocycles. The molecule has 0 saturated heterocycles. The number of aromatic nitrogens is 1. The third-order valence-electron chi connectivity index (χ3n) is 3.01. The lowest BCUT2D eigenvalue weighted by Crippen LogP contribution is -2.40. The third kappa shape index (κ3) is 3.13. The van der Waals surface area contributed by atoms with Crippen LogP contribution in [-0.4, -0.2) is 22.8 Å². The summed E-state index contributed by atoms with van der Waals surface area (Å²) >= 11 is 0. The molecule has 1 aromatic heterocycles. The second-order valence-electron chi connectivity index (χ2n) is 4.52. The van der Waals surface area contributed by atoms with E-state index in [9.17, 15) is 9.59 Å². The van der Waals surface area contributed by atoms with Gasteiger partial charge in [0, 0.05) is 28.8 Å². The Morgan fingerprint density at radius 2 is 2.05 bits per heavy atom. The van der Waals surface area contributed by atoms with Crippen LogP contribution in [0.3, 0.4) is 0 Å². The van der Waals surface area contributed by atoms with E-state index < -0.39 is 11.8 Å². The highest BCUT2D eigenvalue weighted by Crippen LogP contribution is 2.17. The van der Waals surface area contributed by atoms with Crippen molar-refractivity contribution in [2.24, 2.45) is 0 Å². The van der Waals surface area contributed by atoms with Crippen LogP contribution < -0.4 is 10.6 Å². The summed E-state index contributed by atoms with van der Waals surface area (Å²) in [5.41, 5.74) is 1.60. The molecule has 19 heavy (non-hydrogen) atoms. The van der Waals surface area contributed by atoms with Gasteiger partial charge in [-0.2, -0.15) is 0 Å². The van der Waals surface area contributed by atoms with Crippen molar-refractivity contribution in [1.29, 1.82) is 0 Å². The van der Waals surface area contributed by atoms with Gasteiger partial charge < -0.3 is 15.6 Å². The lowest BCUT2D eigenvalue weighted by atomic mass is 10.2. The normalized spacial score (nSPS) is 12.1. The van der Waals surface area contributed by atoms with Gasteiger partial charge >= 0.3 is 11.8 Å². The van der Waals surface area contributed by atoms with E-state index in [1.54, 1.807) is 6.07 Å². The molecule has 1 atom stereocenters. The van der Waals surface area contributed by atoms with Gasteiger partial charge in [-0.1, -0.05) is 6.92 Å². The molecule has 100 valence electrons. The molecule has 0 aliphatic rings. The quantitative estimate of drug-likeness (QED) is 0.738. The second-order valence-corrected chi connectivity index (χ2v) is 4.52. The van der Waals surface area contributed by atoms with Crippen molar-refractivity contribution in [3.63, 3.8) is 0 Å². The van der Waals surface area contributed by atoms with Gasteiger partial charge in [-0.05, 0) is 37.6 Å². The minimum Gasteiger partial charge on any atom is -0.361 e. The maximum atomic E-state index is 11.7. The minimum atomic E-state index is -0.643. The number of aromatic amines is 1. The molecule has 0 spiro atoms. The fourth-order valence-electron chi connectivity index (χ4n) is 1.71. The Morgan fingerprint density at radius 3 is 2.79 bits per heavy atom. The number of carbonyl (C=O) groups is 2. The smallest absolute Gasteiger partial charge is 0.313 e. The monoisotopic (exact) mass is 259 g/mol. The third-order valence-corrected chi connectivity index (χ3v) is 3.01. The van der Waals surface area contributed by atoms with E-state index in [4.69, 9.17) is 0 Å². The molecule has 1 unspecified atom stereocenters. The van der Waals surface area contributed by atoms with Gasteiger partial charge in [0.05, 0.1) is 0 Å². The first-order chi connectivity index (χ1) is 9.10. The van der Waals surface area contributed by atoms with E-state index in [0.29, 0.717) is 5.69 Å². The Morgan fingerprint density at radius 1 is 1.26 bits per heavy atom. The van der Waals surface area contributed by atoms with E-state index in [2.05, 4.69) is 15.6 Å². The van der Waals surface area contributed by atoms with Crippen molar-refractivity contribution >= 4 is 28.4 Å². The van der Waals surface area contributed by atoms with Gasteiger partial charge in [0.2, 0.25) is 0 Å². The zero-order valence-electron chi connectivity index (χ0n) is 11.0. The topological polar surface area (TPSA) is 74.0 Å². The number of nitrogens with one attached hydrogen (secondary N) is 3. The summed E-state index contributed by atoms with van der Waals surface area (Å²) in [5, 5.41) is 6.20. The van der Waals surface area contributed by atoms with E-state index >= 15 is 0 Å². The van der Waals surface area contributed by atoms with Crippen LogP contribution in [0.2, 0.25) is 0 Å². The lowest BCUT2D eigenvalue weighted by Gasteiger charge is -2.11. The van der Waals surface area contributed by atoms with Crippen molar-refractivity contribution in [2.75, 3.05) is 5.32 Å². The fourth-order valence-corrected chi connectivity index (χ4v) is 1.71. The molecule has 0 saturated carbocycles. The first-order valence-corrected chi connectivity index (χ1v) is 6.29. The summed E-state index contributed by atoms with van der Waals surface area (Å²) < 4.78 is 0. The number of H-pyrrole nitrogens is 1. The van der Waals surface area contributed by atoms with Gasteiger partial charge in [-0.15, -0.1) is 0 Å². The van der Waals surface area contributed by atoms with Crippen LogP contribution >= 0.6 is 0 Å². The zero-order chi connectivity index (χ0) is 13.8. The van der Waals surface area contributed by atoms with Crippen LogP contribution in [0.5, 0.6) is 0 Å². The molecule has 0 fully saturated rings. The van der Waals surface area contributed by atoms with Crippen LogP contribution in [0.15, 0.2) is 30.5 Å². The Balaban J connectivity index is 2.03. The minimum absolute atomic E-state index is 0.00889. The van der Waals surface area contributed by atoms with Crippen molar-refractivity contribution in [1.82, 2.24) is 10.3 Å². The Bertz CT molecular complexity index is 604. The number of rotatable bonds is 3. The summed E-state index contributed by atoms with van der Waals surface area (Å²) in [7, 11) is 0. The molecule has 0 aliphatic carbocycles. The summed E-state index contributed by atoms with van der Waals surface area (Å²) in [5.74, 6) is -1.25. The molecule has 5 heteroatoms. The molecule has 2 amide bonds. The fraction of sp³-hybridized carbons (Fsp3) is 0.286. The SMILES string of the molecule is CCC(C)NC(=O)C(=O)Nc1ccc2[nH]ccc2c1. The highest BCUT2D eigenvalue weighted by molar-refractivity contribution is 6.39. The Kier molecular flexibility index (Phi) is 3.85. The van der Waals surface area contributed by atoms with E-state index in [1.807, 2.05) is 38.2 Å². The average Bonchev–Trinajstić information content (AvgIpc) is 2.85. The van der Waals surface area contributed by atoms with Crippen LogP contribution in [-0.2, 0) is 9.59 Å². The van der Waals surface area contributed by atoms with Crippen molar-refractivity contribution < 1.29 is 9.59 Å². The van der Waals surface area contributed by atoms with Gasteiger partial charge in [0.1, 0.15) is 0 Å². The summed E-state index contributed by atoms with van der Waals surface area (Å²) in [6.07, 6.45) is 2.61. The maximum Gasteiger partial charge on any atom is 0.313 e. The van der Waals surface area contributed by atoms with Crippen LogP contribution in [0, 0.1) is 0 Å². The Hall–Kier alpha value is -2.30. The van der Waals surface area contributed by atoms with Gasteiger partial charge in [0.15, 0.2) is 0 Å². The highest BCUT2D eigenvalue weighted by Gasteiger charge is 2.15. The predicted molar refractivity (Wildman–Crippen MR) is 74.8 cm³/mol. The zero-order valence-corrected chi connectivity index (χ0v) is 11.0. The number of amides is 2. The van der Waals surface area contributed by atoms with Gasteiger partial charge in [0.25, 0.3) is 0 Å². The number of anilines is 1. The summed E-state index contributed by atoms with van der Waals surface area (Å²) in [4.78, 5) is 26.4. The van der Waals surface area contributed by atoms with Crippen LogP contribution in [0.4, 0.5) is 5.69 Å². The first-order valence-electron chi connectivity index (χ1n) is 6.29. The van der Waals surface area contributed by atoms with E-state index in [1.165, 1.54) is 0 Å².